The zero-order chi connectivity index (χ0) is 15.4. The van der Waals surface area contributed by atoms with Crippen molar-refractivity contribution in [2.45, 2.75) is 6.61 Å². The van der Waals surface area contributed by atoms with Gasteiger partial charge < -0.3 is 13.9 Å². The van der Waals surface area contributed by atoms with Crippen LogP contribution >= 0.6 is 11.6 Å². The molecule has 0 N–H and O–H groups in total. The van der Waals surface area contributed by atoms with Gasteiger partial charge in [-0.2, -0.15) is 0 Å². The maximum atomic E-state index is 5.97. The summed E-state index contributed by atoms with van der Waals surface area (Å²) in [4.78, 5) is 4.40. The fourth-order valence-electron chi connectivity index (χ4n) is 1.98. The van der Waals surface area contributed by atoms with Gasteiger partial charge in [-0.25, -0.2) is 4.98 Å². The Bertz CT molecular complexity index is 770. The maximum Gasteiger partial charge on any atom is 0.226 e. The number of halogens is 1. The third-order valence-electron chi connectivity index (χ3n) is 3.05. The van der Waals surface area contributed by atoms with Gasteiger partial charge in [0.05, 0.1) is 7.11 Å². The van der Waals surface area contributed by atoms with Gasteiger partial charge >= 0.3 is 0 Å². The number of nitrogens with zero attached hydrogens (tertiary/aromatic N) is 1. The lowest BCUT2D eigenvalue weighted by molar-refractivity contribution is 0.298. The highest BCUT2D eigenvalue weighted by Gasteiger charge is 2.08. The summed E-state index contributed by atoms with van der Waals surface area (Å²) in [5, 5.41) is 0.643. The molecule has 0 spiro atoms. The Morgan fingerprint density at radius 3 is 2.73 bits per heavy atom. The van der Waals surface area contributed by atoms with E-state index in [1.54, 1.807) is 25.5 Å². The van der Waals surface area contributed by atoms with Gasteiger partial charge in [0.2, 0.25) is 5.89 Å². The molecule has 0 amide bonds. The zero-order valence-corrected chi connectivity index (χ0v) is 12.7. The molecule has 0 aliphatic heterocycles. The van der Waals surface area contributed by atoms with Crippen LogP contribution in [0, 0.1) is 0 Å². The van der Waals surface area contributed by atoms with E-state index in [9.17, 15) is 0 Å². The van der Waals surface area contributed by atoms with Crippen LogP contribution in [0.5, 0.6) is 11.5 Å². The molecular weight excluding hydrogens is 302 g/mol. The first-order valence-electron chi connectivity index (χ1n) is 6.72. The molecular formula is C17H14ClNO3. The molecule has 1 heterocycles. The van der Waals surface area contributed by atoms with E-state index in [0.29, 0.717) is 29.0 Å². The van der Waals surface area contributed by atoms with E-state index in [0.717, 1.165) is 11.3 Å². The van der Waals surface area contributed by atoms with Crippen molar-refractivity contribution in [2.75, 3.05) is 7.11 Å². The second-order valence-electron chi connectivity index (χ2n) is 4.62. The summed E-state index contributed by atoms with van der Waals surface area (Å²) < 4.78 is 16.3. The first-order chi connectivity index (χ1) is 10.7. The third-order valence-corrected chi connectivity index (χ3v) is 3.29. The molecule has 3 rings (SSSR count). The standard InChI is InChI=1S/C17H14ClNO3/c1-20-15-6-3-7-16(9-15)21-10-14-11-22-17(19-14)12-4-2-5-13(18)8-12/h2-9,11H,10H2,1H3. The fourth-order valence-corrected chi connectivity index (χ4v) is 2.17. The molecule has 1 aromatic heterocycles. The van der Waals surface area contributed by atoms with Crippen molar-refractivity contribution < 1.29 is 13.9 Å². The average Bonchev–Trinajstić information content (AvgIpc) is 3.02. The van der Waals surface area contributed by atoms with Crippen LogP contribution < -0.4 is 9.47 Å². The molecule has 2 aromatic carbocycles. The number of methoxy groups -OCH3 is 1. The molecule has 3 aromatic rings. The van der Waals surface area contributed by atoms with Crippen LogP contribution in [-0.4, -0.2) is 12.1 Å². The Labute approximate surface area is 133 Å². The molecule has 0 radical (unpaired) electrons. The van der Waals surface area contributed by atoms with Gasteiger partial charge in [0, 0.05) is 16.7 Å². The lowest BCUT2D eigenvalue weighted by Crippen LogP contribution is -1.96. The lowest BCUT2D eigenvalue weighted by Gasteiger charge is -2.05. The van der Waals surface area contributed by atoms with Crippen molar-refractivity contribution in [3.05, 3.63) is 65.5 Å². The van der Waals surface area contributed by atoms with E-state index in [1.807, 2.05) is 36.4 Å². The quantitative estimate of drug-likeness (QED) is 0.691. The van der Waals surface area contributed by atoms with Crippen LogP contribution in [0.1, 0.15) is 5.69 Å². The molecule has 0 atom stereocenters. The average molecular weight is 316 g/mol. The smallest absolute Gasteiger partial charge is 0.226 e. The van der Waals surface area contributed by atoms with E-state index < -0.39 is 0 Å². The minimum atomic E-state index is 0.317. The van der Waals surface area contributed by atoms with Crippen molar-refractivity contribution in [3.63, 3.8) is 0 Å². The van der Waals surface area contributed by atoms with E-state index in [1.165, 1.54) is 0 Å². The molecule has 5 heteroatoms. The SMILES string of the molecule is COc1cccc(OCc2coc(-c3cccc(Cl)c3)n2)c1. The topological polar surface area (TPSA) is 44.5 Å². The second-order valence-corrected chi connectivity index (χ2v) is 5.06. The summed E-state index contributed by atoms with van der Waals surface area (Å²) in [5.41, 5.74) is 1.54. The Balaban J connectivity index is 1.69. The number of ether oxygens (including phenoxy) is 2. The van der Waals surface area contributed by atoms with Gasteiger partial charge in [0.25, 0.3) is 0 Å². The Kier molecular flexibility index (Phi) is 4.30. The molecule has 22 heavy (non-hydrogen) atoms. The molecule has 0 aliphatic carbocycles. The first-order valence-corrected chi connectivity index (χ1v) is 7.09. The summed E-state index contributed by atoms with van der Waals surface area (Å²) in [5.74, 6) is 1.98. The monoisotopic (exact) mass is 315 g/mol. The number of hydrogen-bond donors (Lipinski definition) is 0. The highest BCUT2D eigenvalue weighted by atomic mass is 35.5. The van der Waals surface area contributed by atoms with E-state index in [2.05, 4.69) is 4.98 Å². The van der Waals surface area contributed by atoms with Gasteiger partial charge in [0.1, 0.15) is 30.1 Å². The number of aromatic nitrogens is 1. The van der Waals surface area contributed by atoms with Crippen LogP contribution in [0.3, 0.4) is 0 Å². The van der Waals surface area contributed by atoms with Crippen molar-refractivity contribution >= 4 is 11.6 Å². The van der Waals surface area contributed by atoms with Gasteiger partial charge in [-0.05, 0) is 30.3 Å². The predicted molar refractivity (Wildman–Crippen MR) is 84.3 cm³/mol. The van der Waals surface area contributed by atoms with Crippen LogP contribution in [-0.2, 0) is 6.61 Å². The second kappa shape index (κ2) is 6.54. The Morgan fingerprint density at radius 2 is 1.91 bits per heavy atom. The molecule has 0 unspecified atom stereocenters. The highest BCUT2D eigenvalue weighted by Crippen LogP contribution is 2.23. The lowest BCUT2D eigenvalue weighted by atomic mass is 10.2. The Morgan fingerprint density at radius 1 is 1.09 bits per heavy atom. The number of benzene rings is 2. The van der Waals surface area contributed by atoms with Gasteiger partial charge in [-0.1, -0.05) is 23.7 Å². The molecule has 112 valence electrons. The molecule has 0 aliphatic rings. The normalized spacial score (nSPS) is 10.5. The molecule has 0 fully saturated rings. The van der Waals surface area contributed by atoms with Crippen LogP contribution in [0.25, 0.3) is 11.5 Å². The first kappa shape index (κ1) is 14.5. The summed E-state index contributed by atoms with van der Waals surface area (Å²) in [6, 6.07) is 14.8. The molecule has 4 nitrogen and oxygen atoms in total. The zero-order valence-electron chi connectivity index (χ0n) is 12.0. The number of oxazole rings is 1. The van der Waals surface area contributed by atoms with Crippen LogP contribution in [0.2, 0.25) is 5.02 Å². The fraction of sp³-hybridized carbons (Fsp3) is 0.118. The van der Waals surface area contributed by atoms with Crippen LogP contribution in [0.4, 0.5) is 0 Å². The highest BCUT2D eigenvalue weighted by molar-refractivity contribution is 6.30. The van der Waals surface area contributed by atoms with Crippen LogP contribution in [0.15, 0.2) is 59.2 Å². The summed E-state index contributed by atoms with van der Waals surface area (Å²) in [7, 11) is 1.62. The minimum Gasteiger partial charge on any atom is -0.497 e. The molecule has 0 saturated carbocycles. The Hall–Kier alpha value is -2.46. The van der Waals surface area contributed by atoms with Gasteiger partial charge in [-0.15, -0.1) is 0 Å². The molecule has 0 saturated heterocycles. The van der Waals surface area contributed by atoms with Crippen molar-refractivity contribution in [3.8, 4) is 23.0 Å². The van der Waals surface area contributed by atoms with Gasteiger partial charge in [-0.3, -0.25) is 0 Å². The van der Waals surface area contributed by atoms with Crippen molar-refractivity contribution in [1.82, 2.24) is 4.98 Å². The predicted octanol–water partition coefficient (Wildman–Crippen LogP) is 4.58. The van der Waals surface area contributed by atoms with E-state index in [4.69, 9.17) is 25.5 Å². The number of hydrogen-bond acceptors (Lipinski definition) is 4. The third kappa shape index (κ3) is 3.40. The van der Waals surface area contributed by atoms with Gasteiger partial charge in [0.15, 0.2) is 0 Å². The summed E-state index contributed by atoms with van der Waals surface area (Å²) in [6.45, 7) is 0.317. The van der Waals surface area contributed by atoms with E-state index >= 15 is 0 Å². The summed E-state index contributed by atoms with van der Waals surface area (Å²) in [6.07, 6.45) is 1.58. The molecule has 0 bridgehead atoms. The largest absolute Gasteiger partial charge is 0.497 e. The summed E-state index contributed by atoms with van der Waals surface area (Å²) >= 11 is 5.97. The van der Waals surface area contributed by atoms with Crippen molar-refractivity contribution in [1.29, 1.82) is 0 Å². The minimum absolute atomic E-state index is 0.317. The van der Waals surface area contributed by atoms with Crippen molar-refractivity contribution in [2.24, 2.45) is 0 Å². The van der Waals surface area contributed by atoms with E-state index in [-0.39, 0.29) is 0 Å². The number of rotatable bonds is 5. The maximum absolute atomic E-state index is 5.97.